The standard InChI is InChI=1S/C14H11ClN4S/c15-13-7-6-11(8-16-13)9-20-14-18-17-10-19(14)12-4-2-1-3-5-12/h1-8,10H,9H2. The Morgan fingerprint density at radius 3 is 2.70 bits per heavy atom. The van der Waals surface area contributed by atoms with E-state index in [0.717, 1.165) is 22.2 Å². The third kappa shape index (κ3) is 3.00. The smallest absolute Gasteiger partial charge is 0.195 e. The zero-order valence-electron chi connectivity index (χ0n) is 10.5. The monoisotopic (exact) mass is 302 g/mol. The normalized spacial score (nSPS) is 10.7. The molecule has 3 rings (SSSR count). The van der Waals surface area contributed by atoms with Crippen LogP contribution in [0.4, 0.5) is 0 Å². The molecule has 0 aliphatic carbocycles. The fraction of sp³-hybridized carbons (Fsp3) is 0.0714. The molecule has 0 spiro atoms. The summed E-state index contributed by atoms with van der Waals surface area (Å²) in [6.45, 7) is 0. The van der Waals surface area contributed by atoms with Gasteiger partial charge in [0.25, 0.3) is 0 Å². The molecule has 100 valence electrons. The van der Waals surface area contributed by atoms with Gasteiger partial charge in [-0.25, -0.2) is 4.98 Å². The van der Waals surface area contributed by atoms with Crippen molar-refractivity contribution in [2.45, 2.75) is 10.9 Å². The van der Waals surface area contributed by atoms with Crippen molar-refractivity contribution in [3.63, 3.8) is 0 Å². The molecular weight excluding hydrogens is 292 g/mol. The van der Waals surface area contributed by atoms with Crippen molar-refractivity contribution in [2.24, 2.45) is 0 Å². The molecule has 2 aromatic heterocycles. The van der Waals surface area contributed by atoms with Crippen LogP contribution in [0.3, 0.4) is 0 Å². The van der Waals surface area contributed by atoms with Crippen molar-refractivity contribution in [3.8, 4) is 5.69 Å². The second kappa shape index (κ2) is 6.07. The number of hydrogen-bond acceptors (Lipinski definition) is 4. The van der Waals surface area contributed by atoms with Gasteiger partial charge in [-0.05, 0) is 23.8 Å². The topological polar surface area (TPSA) is 43.6 Å². The molecule has 0 aliphatic rings. The second-order valence-electron chi connectivity index (χ2n) is 4.10. The van der Waals surface area contributed by atoms with Crippen molar-refractivity contribution in [3.05, 3.63) is 65.7 Å². The number of thioether (sulfide) groups is 1. The lowest BCUT2D eigenvalue weighted by atomic mass is 10.3. The zero-order chi connectivity index (χ0) is 13.8. The van der Waals surface area contributed by atoms with Crippen LogP contribution in [-0.4, -0.2) is 19.7 Å². The fourth-order valence-corrected chi connectivity index (χ4v) is 2.70. The number of aromatic nitrogens is 4. The molecule has 3 aromatic rings. The molecule has 0 aliphatic heterocycles. The summed E-state index contributed by atoms with van der Waals surface area (Å²) in [5, 5.41) is 9.49. The quantitative estimate of drug-likeness (QED) is 0.545. The molecule has 0 fully saturated rings. The molecule has 0 atom stereocenters. The summed E-state index contributed by atoms with van der Waals surface area (Å²) >= 11 is 7.39. The Morgan fingerprint density at radius 2 is 1.95 bits per heavy atom. The van der Waals surface area contributed by atoms with Crippen LogP contribution in [0.25, 0.3) is 5.69 Å². The fourth-order valence-electron chi connectivity index (χ4n) is 1.73. The van der Waals surface area contributed by atoms with Crippen LogP contribution >= 0.6 is 23.4 Å². The third-order valence-electron chi connectivity index (χ3n) is 2.71. The van der Waals surface area contributed by atoms with E-state index >= 15 is 0 Å². The van der Waals surface area contributed by atoms with Crippen molar-refractivity contribution < 1.29 is 0 Å². The van der Waals surface area contributed by atoms with Crippen LogP contribution in [0.2, 0.25) is 5.15 Å². The Labute approximate surface area is 125 Å². The summed E-state index contributed by atoms with van der Waals surface area (Å²) in [7, 11) is 0. The van der Waals surface area contributed by atoms with Gasteiger partial charge in [-0.15, -0.1) is 10.2 Å². The van der Waals surface area contributed by atoms with Gasteiger partial charge in [-0.2, -0.15) is 0 Å². The summed E-state index contributed by atoms with van der Waals surface area (Å²) in [5.74, 6) is 0.774. The Morgan fingerprint density at radius 1 is 1.10 bits per heavy atom. The SMILES string of the molecule is Clc1ccc(CSc2nncn2-c2ccccc2)cn1. The van der Waals surface area contributed by atoms with Gasteiger partial charge in [0.15, 0.2) is 5.16 Å². The molecule has 0 radical (unpaired) electrons. The van der Waals surface area contributed by atoms with Gasteiger partial charge in [0.1, 0.15) is 11.5 Å². The maximum Gasteiger partial charge on any atom is 0.195 e. The van der Waals surface area contributed by atoms with E-state index in [-0.39, 0.29) is 0 Å². The summed E-state index contributed by atoms with van der Waals surface area (Å²) in [6, 6.07) is 13.8. The largest absolute Gasteiger partial charge is 0.277 e. The first kappa shape index (κ1) is 13.1. The third-order valence-corrected chi connectivity index (χ3v) is 3.95. The van der Waals surface area contributed by atoms with Crippen molar-refractivity contribution in [2.75, 3.05) is 0 Å². The van der Waals surface area contributed by atoms with Crippen LogP contribution < -0.4 is 0 Å². The number of hydrogen-bond donors (Lipinski definition) is 0. The first-order chi connectivity index (χ1) is 9.83. The molecule has 2 heterocycles. The molecule has 0 amide bonds. The Balaban J connectivity index is 1.76. The van der Waals surface area contributed by atoms with Gasteiger partial charge >= 0.3 is 0 Å². The molecule has 0 N–H and O–H groups in total. The molecule has 6 heteroatoms. The van der Waals surface area contributed by atoms with Crippen molar-refractivity contribution in [1.82, 2.24) is 19.7 Å². The molecule has 0 bridgehead atoms. The number of nitrogens with zero attached hydrogens (tertiary/aromatic N) is 4. The van der Waals surface area contributed by atoms with Gasteiger partial charge in [-0.1, -0.05) is 47.6 Å². The van der Waals surface area contributed by atoms with Gasteiger partial charge < -0.3 is 0 Å². The minimum absolute atomic E-state index is 0.506. The van der Waals surface area contributed by atoms with Gasteiger partial charge in [-0.3, -0.25) is 4.57 Å². The highest BCUT2D eigenvalue weighted by Gasteiger charge is 2.07. The first-order valence-corrected chi connectivity index (χ1v) is 7.38. The van der Waals surface area contributed by atoms with E-state index < -0.39 is 0 Å². The van der Waals surface area contributed by atoms with E-state index in [9.17, 15) is 0 Å². The van der Waals surface area contributed by atoms with Gasteiger partial charge in [0, 0.05) is 17.6 Å². The Bertz CT molecular complexity index is 682. The van der Waals surface area contributed by atoms with E-state index in [4.69, 9.17) is 11.6 Å². The first-order valence-electron chi connectivity index (χ1n) is 6.01. The highest BCUT2D eigenvalue weighted by atomic mass is 35.5. The predicted octanol–water partition coefficient (Wildman–Crippen LogP) is 3.61. The number of halogens is 1. The number of rotatable bonds is 4. The lowest BCUT2D eigenvalue weighted by molar-refractivity contribution is 0.883. The summed E-state index contributed by atoms with van der Waals surface area (Å²) in [6.07, 6.45) is 3.50. The molecular formula is C14H11ClN4S. The van der Waals surface area contributed by atoms with Crippen LogP contribution in [0.15, 0.2) is 60.1 Å². The minimum atomic E-state index is 0.506. The Hall–Kier alpha value is -1.85. The lowest BCUT2D eigenvalue weighted by Crippen LogP contribution is -1.95. The van der Waals surface area contributed by atoms with E-state index in [1.807, 2.05) is 41.0 Å². The summed E-state index contributed by atoms with van der Waals surface area (Å²) < 4.78 is 1.97. The van der Waals surface area contributed by atoms with E-state index in [1.54, 1.807) is 30.4 Å². The van der Waals surface area contributed by atoms with Crippen LogP contribution in [-0.2, 0) is 5.75 Å². The van der Waals surface area contributed by atoms with Gasteiger partial charge in [0.05, 0.1) is 0 Å². The lowest BCUT2D eigenvalue weighted by Gasteiger charge is -2.05. The van der Waals surface area contributed by atoms with E-state index in [2.05, 4.69) is 15.2 Å². The number of benzene rings is 1. The second-order valence-corrected chi connectivity index (χ2v) is 5.43. The van der Waals surface area contributed by atoms with Crippen molar-refractivity contribution in [1.29, 1.82) is 0 Å². The van der Waals surface area contributed by atoms with E-state index in [1.165, 1.54) is 0 Å². The predicted molar refractivity (Wildman–Crippen MR) is 80.2 cm³/mol. The maximum absolute atomic E-state index is 5.77. The molecule has 20 heavy (non-hydrogen) atoms. The van der Waals surface area contributed by atoms with Gasteiger partial charge in [0.2, 0.25) is 0 Å². The average Bonchev–Trinajstić information content (AvgIpc) is 2.96. The minimum Gasteiger partial charge on any atom is -0.277 e. The maximum atomic E-state index is 5.77. The van der Waals surface area contributed by atoms with Crippen LogP contribution in [0, 0.1) is 0 Å². The molecule has 0 unspecified atom stereocenters. The van der Waals surface area contributed by atoms with Crippen LogP contribution in [0.1, 0.15) is 5.56 Å². The Kier molecular flexibility index (Phi) is 3.99. The van der Waals surface area contributed by atoms with Crippen molar-refractivity contribution >= 4 is 23.4 Å². The molecule has 0 saturated heterocycles. The average molecular weight is 303 g/mol. The number of pyridine rings is 1. The highest BCUT2D eigenvalue weighted by molar-refractivity contribution is 7.98. The molecule has 1 aromatic carbocycles. The molecule has 0 saturated carbocycles. The van der Waals surface area contributed by atoms with Crippen LogP contribution in [0.5, 0.6) is 0 Å². The summed E-state index contributed by atoms with van der Waals surface area (Å²) in [4.78, 5) is 4.07. The summed E-state index contributed by atoms with van der Waals surface area (Å²) in [5.41, 5.74) is 2.15. The highest BCUT2D eigenvalue weighted by Crippen LogP contribution is 2.23. The molecule has 4 nitrogen and oxygen atoms in total. The zero-order valence-corrected chi connectivity index (χ0v) is 12.1. The van der Waals surface area contributed by atoms with E-state index in [0.29, 0.717) is 5.15 Å². The number of para-hydroxylation sites is 1.